The van der Waals surface area contributed by atoms with Crippen LogP contribution in [0.25, 0.3) is 22.4 Å². The number of hydrogen-bond acceptors (Lipinski definition) is 6. The Hall–Kier alpha value is -3.94. The predicted octanol–water partition coefficient (Wildman–Crippen LogP) is 5.68. The highest BCUT2D eigenvalue weighted by molar-refractivity contribution is 5.84. The number of hydrogen-bond donors (Lipinski definition) is 1. The lowest BCUT2D eigenvalue weighted by Gasteiger charge is -2.12. The summed E-state index contributed by atoms with van der Waals surface area (Å²) in [6.07, 6.45) is 6.71. The molecule has 8 nitrogen and oxygen atoms in total. The molecule has 1 atom stereocenters. The van der Waals surface area contributed by atoms with E-state index in [0.717, 1.165) is 59.4 Å². The maximum Gasteiger partial charge on any atom is 0.326 e. The molecule has 0 fully saturated rings. The molecule has 2 aromatic carbocycles. The van der Waals surface area contributed by atoms with Crippen molar-refractivity contribution in [1.82, 2.24) is 9.55 Å². The van der Waals surface area contributed by atoms with E-state index in [1.54, 1.807) is 24.8 Å². The van der Waals surface area contributed by atoms with Gasteiger partial charge in [0.15, 0.2) is 11.5 Å². The van der Waals surface area contributed by atoms with Crippen LogP contribution in [0.1, 0.15) is 43.7 Å². The predicted molar refractivity (Wildman–Crippen MR) is 135 cm³/mol. The summed E-state index contributed by atoms with van der Waals surface area (Å²) in [6.45, 7) is 2.62. The van der Waals surface area contributed by atoms with Gasteiger partial charge in [-0.25, -0.2) is 9.78 Å². The van der Waals surface area contributed by atoms with Crippen LogP contribution < -0.4 is 14.2 Å². The van der Waals surface area contributed by atoms with Gasteiger partial charge in [0.2, 0.25) is 5.89 Å². The van der Waals surface area contributed by atoms with Gasteiger partial charge >= 0.3 is 5.97 Å². The summed E-state index contributed by atoms with van der Waals surface area (Å²) in [4.78, 5) is 16.0. The van der Waals surface area contributed by atoms with Crippen molar-refractivity contribution >= 4 is 16.9 Å². The van der Waals surface area contributed by atoms with Crippen LogP contribution in [-0.4, -0.2) is 41.0 Å². The number of aryl methyl sites for hydroxylation is 2. The molecule has 1 unspecified atom stereocenters. The third-order valence-corrected chi connectivity index (χ3v) is 6.54. The van der Waals surface area contributed by atoms with E-state index < -0.39 is 12.0 Å². The Morgan fingerprint density at radius 2 is 1.92 bits per heavy atom. The molecule has 8 heteroatoms. The van der Waals surface area contributed by atoms with E-state index in [2.05, 4.69) is 4.98 Å². The number of carboxylic acids is 1. The number of fused-ring (bicyclic) bond motifs is 2. The second kappa shape index (κ2) is 10.4. The average Bonchev–Trinajstić information content (AvgIpc) is 3.52. The monoisotopic (exact) mass is 490 g/mol. The summed E-state index contributed by atoms with van der Waals surface area (Å²) in [6, 6.07) is 12.7. The second-order valence-electron chi connectivity index (χ2n) is 8.97. The van der Waals surface area contributed by atoms with Gasteiger partial charge in [0, 0.05) is 35.5 Å². The first-order valence-electron chi connectivity index (χ1n) is 12.3. The van der Waals surface area contributed by atoms with E-state index in [4.69, 9.17) is 18.6 Å². The lowest BCUT2D eigenvalue weighted by Crippen LogP contribution is -2.14. The van der Waals surface area contributed by atoms with Gasteiger partial charge < -0.3 is 28.3 Å². The van der Waals surface area contributed by atoms with Gasteiger partial charge in [-0.05, 0) is 68.7 Å². The summed E-state index contributed by atoms with van der Waals surface area (Å²) >= 11 is 0. The molecule has 0 amide bonds. The third kappa shape index (κ3) is 4.89. The van der Waals surface area contributed by atoms with Crippen molar-refractivity contribution in [3.05, 3.63) is 60.1 Å². The molecular formula is C28H30N2O6. The highest BCUT2D eigenvalue weighted by Gasteiger charge is 2.19. The van der Waals surface area contributed by atoms with Crippen molar-refractivity contribution in [2.24, 2.45) is 0 Å². The van der Waals surface area contributed by atoms with Crippen LogP contribution in [-0.2, 0) is 17.6 Å². The fraction of sp³-hybridized carbons (Fsp3) is 0.357. The van der Waals surface area contributed by atoms with Crippen molar-refractivity contribution in [1.29, 1.82) is 0 Å². The average molecular weight is 491 g/mol. The number of carboxylic acid groups (broad SMARTS) is 1. The number of aliphatic carboxylic acids is 1. The number of rotatable bonds is 10. The Labute approximate surface area is 209 Å². The number of ether oxygens (including phenoxy) is 3. The van der Waals surface area contributed by atoms with Gasteiger partial charge in [-0.3, -0.25) is 0 Å². The van der Waals surface area contributed by atoms with Gasteiger partial charge in [-0.1, -0.05) is 0 Å². The molecule has 2 heterocycles. The first kappa shape index (κ1) is 23.8. The van der Waals surface area contributed by atoms with E-state index in [1.807, 2.05) is 42.5 Å². The van der Waals surface area contributed by atoms with Crippen LogP contribution in [0.3, 0.4) is 0 Å². The minimum atomic E-state index is -0.865. The molecule has 0 bridgehead atoms. The fourth-order valence-corrected chi connectivity index (χ4v) is 4.52. The molecular weight excluding hydrogens is 460 g/mol. The van der Waals surface area contributed by atoms with Gasteiger partial charge in [0.25, 0.3) is 0 Å². The van der Waals surface area contributed by atoms with Gasteiger partial charge in [-0.15, -0.1) is 0 Å². The van der Waals surface area contributed by atoms with Crippen molar-refractivity contribution in [2.45, 2.75) is 45.1 Å². The zero-order chi connectivity index (χ0) is 25.1. The molecule has 0 aliphatic heterocycles. The highest BCUT2D eigenvalue weighted by atomic mass is 16.5. The summed E-state index contributed by atoms with van der Waals surface area (Å²) in [7, 11) is 1.62. The standard InChI is InChI=1S/C28H30N2O6/c1-18(28(31)32)30-13-12-19-16-21(9-10-23(19)30)34-14-5-15-35-25-11-8-20(17-26(25)33-2)27-29-22-6-3-4-7-24(22)36-27/h8-13,16-18H,3-7,14-15H2,1-2H3,(H,31,32). The first-order chi connectivity index (χ1) is 17.5. The highest BCUT2D eigenvalue weighted by Crippen LogP contribution is 2.34. The Morgan fingerprint density at radius 1 is 1.08 bits per heavy atom. The fourth-order valence-electron chi connectivity index (χ4n) is 4.52. The molecule has 5 rings (SSSR count). The van der Waals surface area contributed by atoms with Gasteiger partial charge in [-0.2, -0.15) is 0 Å². The summed E-state index contributed by atoms with van der Waals surface area (Å²) in [5.41, 5.74) is 2.81. The molecule has 0 saturated heterocycles. The zero-order valence-corrected chi connectivity index (χ0v) is 20.5. The number of carbonyl (C=O) groups is 1. The maximum atomic E-state index is 11.3. The lowest BCUT2D eigenvalue weighted by molar-refractivity contribution is -0.140. The van der Waals surface area contributed by atoms with Crippen LogP contribution in [0, 0.1) is 0 Å². The van der Waals surface area contributed by atoms with E-state index >= 15 is 0 Å². The Bertz CT molecular complexity index is 1350. The number of nitrogens with zero attached hydrogens (tertiary/aromatic N) is 2. The summed E-state index contributed by atoms with van der Waals surface area (Å²) < 4.78 is 25.1. The summed E-state index contributed by atoms with van der Waals surface area (Å²) in [5, 5.41) is 10.2. The quantitative estimate of drug-likeness (QED) is 0.286. The second-order valence-corrected chi connectivity index (χ2v) is 8.97. The molecule has 4 aromatic rings. The van der Waals surface area contributed by atoms with E-state index in [1.165, 1.54) is 0 Å². The zero-order valence-electron chi connectivity index (χ0n) is 20.5. The molecule has 0 radical (unpaired) electrons. The minimum Gasteiger partial charge on any atom is -0.493 e. The van der Waals surface area contributed by atoms with Gasteiger partial charge in [0.1, 0.15) is 17.6 Å². The van der Waals surface area contributed by atoms with Crippen LogP contribution in [0.15, 0.2) is 53.1 Å². The van der Waals surface area contributed by atoms with Crippen LogP contribution >= 0.6 is 0 Å². The largest absolute Gasteiger partial charge is 0.493 e. The number of benzene rings is 2. The Morgan fingerprint density at radius 3 is 2.72 bits per heavy atom. The molecule has 1 aliphatic carbocycles. The number of methoxy groups -OCH3 is 1. The van der Waals surface area contributed by atoms with E-state index in [-0.39, 0.29) is 0 Å². The van der Waals surface area contributed by atoms with Crippen molar-refractivity contribution < 1.29 is 28.5 Å². The van der Waals surface area contributed by atoms with Crippen molar-refractivity contribution in [3.63, 3.8) is 0 Å². The third-order valence-electron chi connectivity index (χ3n) is 6.54. The lowest BCUT2D eigenvalue weighted by atomic mass is 10.0. The topological polar surface area (TPSA) is 96.0 Å². The summed E-state index contributed by atoms with van der Waals surface area (Å²) in [5.74, 6) is 2.80. The Kier molecular flexibility index (Phi) is 6.84. The van der Waals surface area contributed by atoms with Crippen molar-refractivity contribution in [2.75, 3.05) is 20.3 Å². The van der Waals surface area contributed by atoms with Crippen molar-refractivity contribution in [3.8, 4) is 28.7 Å². The van der Waals surface area contributed by atoms with Crippen LogP contribution in [0.4, 0.5) is 0 Å². The smallest absolute Gasteiger partial charge is 0.326 e. The molecule has 0 spiro atoms. The number of oxazole rings is 1. The molecule has 1 aliphatic rings. The van der Waals surface area contributed by atoms with Crippen LogP contribution in [0.5, 0.6) is 17.2 Å². The minimum absolute atomic E-state index is 0.470. The molecule has 2 aromatic heterocycles. The van der Waals surface area contributed by atoms with Gasteiger partial charge in [0.05, 0.1) is 26.0 Å². The SMILES string of the molecule is COc1cc(-c2nc3c(o2)CCCC3)ccc1OCCCOc1ccc2c(ccn2C(C)C(=O)O)c1. The molecule has 1 N–H and O–H groups in total. The molecule has 0 saturated carbocycles. The first-order valence-corrected chi connectivity index (χ1v) is 12.3. The van der Waals surface area contributed by atoms with Crippen LogP contribution in [0.2, 0.25) is 0 Å². The number of aromatic nitrogens is 2. The Balaban J connectivity index is 1.15. The normalized spacial score (nSPS) is 13.8. The van der Waals surface area contributed by atoms with E-state index in [0.29, 0.717) is 37.0 Å². The maximum absolute atomic E-state index is 11.3. The molecule has 188 valence electrons. The molecule has 36 heavy (non-hydrogen) atoms. The van der Waals surface area contributed by atoms with E-state index in [9.17, 15) is 9.90 Å².